The lowest BCUT2D eigenvalue weighted by molar-refractivity contribution is -0.134. The molecule has 1 aromatic carbocycles. The van der Waals surface area contributed by atoms with Crippen LogP contribution in [0.4, 0.5) is 5.69 Å². The number of carbonyl (C=O) groups is 2. The minimum atomic E-state index is -1.16. The van der Waals surface area contributed by atoms with Crippen LogP contribution in [0, 0.1) is 0 Å². The van der Waals surface area contributed by atoms with Gasteiger partial charge in [-0.15, -0.1) is 23.5 Å². The Labute approximate surface area is 144 Å². The maximum atomic E-state index is 12.3. The maximum Gasteiger partial charge on any atom is 0.341 e. The number of benzene rings is 1. The Kier molecular flexibility index (Phi) is 5.96. The van der Waals surface area contributed by atoms with Gasteiger partial charge in [-0.1, -0.05) is 25.1 Å². The average Bonchev–Trinajstić information content (AvgIpc) is 2.91. The molecule has 0 radical (unpaired) electrons. The Morgan fingerprint density at radius 2 is 1.91 bits per heavy atom. The van der Waals surface area contributed by atoms with E-state index in [1.807, 2.05) is 50.2 Å². The molecule has 0 aliphatic carbocycles. The van der Waals surface area contributed by atoms with Gasteiger partial charge in [-0.05, 0) is 23.8 Å². The van der Waals surface area contributed by atoms with E-state index in [-0.39, 0.29) is 5.57 Å². The lowest BCUT2D eigenvalue weighted by Gasteiger charge is -2.11. The summed E-state index contributed by atoms with van der Waals surface area (Å²) >= 11 is 2.90. The highest BCUT2D eigenvalue weighted by Crippen LogP contribution is 2.43. The molecule has 23 heavy (non-hydrogen) atoms. The number of anilines is 1. The number of carbonyl (C=O) groups excluding carboxylic acids is 1. The summed E-state index contributed by atoms with van der Waals surface area (Å²) in [5.74, 6) is -0.787. The Balaban J connectivity index is 2.17. The molecule has 0 saturated carbocycles. The number of ketones is 1. The van der Waals surface area contributed by atoms with Crippen molar-refractivity contribution >= 4 is 47.0 Å². The lowest BCUT2D eigenvalue weighted by atomic mass is 10.1. The number of nitrogens with zero attached hydrogens (tertiary/aromatic N) is 1. The van der Waals surface area contributed by atoms with E-state index in [1.165, 1.54) is 29.6 Å². The standard InChI is InChI=1S/C17H19NO3S2/c1-11-10-22-17(23-11)15(16(20)21)14(19)9-6-12-4-7-13(8-5-12)18(2)3/h4-9,11H,10H2,1-3H3,(H,20,21)/b9-6+,17-15+. The molecule has 0 amide bonds. The summed E-state index contributed by atoms with van der Waals surface area (Å²) in [5.41, 5.74) is 1.80. The van der Waals surface area contributed by atoms with Gasteiger partial charge in [0.05, 0.1) is 4.24 Å². The van der Waals surface area contributed by atoms with Crippen molar-refractivity contribution < 1.29 is 14.7 Å². The Hall–Kier alpha value is -1.66. The average molecular weight is 349 g/mol. The van der Waals surface area contributed by atoms with Crippen LogP contribution in [0.15, 0.2) is 40.2 Å². The fraction of sp³-hybridized carbons (Fsp3) is 0.294. The molecule has 1 atom stereocenters. The number of allylic oxidation sites excluding steroid dienone is 1. The van der Waals surface area contributed by atoms with Crippen LogP contribution in [0.3, 0.4) is 0 Å². The van der Waals surface area contributed by atoms with E-state index >= 15 is 0 Å². The van der Waals surface area contributed by atoms with Crippen LogP contribution in [-0.4, -0.2) is 42.0 Å². The molecule has 4 nitrogen and oxygen atoms in total. The number of aliphatic carboxylic acids is 1. The first-order valence-corrected chi connectivity index (χ1v) is 9.02. The molecule has 0 spiro atoms. The van der Waals surface area contributed by atoms with E-state index in [1.54, 1.807) is 6.08 Å². The van der Waals surface area contributed by atoms with Crippen LogP contribution in [0.5, 0.6) is 0 Å². The molecule has 1 fully saturated rings. The van der Waals surface area contributed by atoms with Crippen LogP contribution >= 0.6 is 23.5 Å². The second-order valence-electron chi connectivity index (χ2n) is 5.39. The third-order valence-electron chi connectivity index (χ3n) is 3.26. The molecule has 1 aromatic rings. The predicted octanol–water partition coefficient (Wildman–Crippen LogP) is 3.50. The van der Waals surface area contributed by atoms with E-state index in [0.717, 1.165) is 17.0 Å². The molecule has 1 N–H and O–H groups in total. The molecule has 2 rings (SSSR count). The maximum absolute atomic E-state index is 12.3. The van der Waals surface area contributed by atoms with E-state index in [2.05, 4.69) is 0 Å². The van der Waals surface area contributed by atoms with Gasteiger partial charge >= 0.3 is 5.97 Å². The first-order chi connectivity index (χ1) is 10.9. The monoisotopic (exact) mass is 349 g/mol. The van der Waals surface area contributed by atoms with Crippen LogP contribution in [0.25, 0.3) is 6.08 Å². The van der Waals surface area contributed by atoms with Gasteiger partial charge in [0.2, 0.25) is 0 Å². The summed E-state index contributed by atoms with van der Waals surface area (Å²) < 4.78 is 0.614. The Morgan fingerprint density at radius 3 is 2.39 bits per heavy atom. The van der Waals surface area contributed by atoms with E-state index in [9.17, 15) is 14.7 Å². The number of thioether (sulfide) groups is 2. The molecular formula is C17H19NO3S2. The first kappa shape index (κ1) is 17.7. The lowest BCUT2D eigenvalue weighted by Crippen LogP contribution is -2.11. The van der Waals surface area contributed by atoms with Crippen molar-refractivity contribution in [3.63, 3.8) is 0 Å². The number of hydrogen-bond donors (Lipinski definition) is 1. The molecule has 0 bridgehead atoms. The highest BCUT2D eigenvalue weighted by molar-refractivity contribution is 8.25. The minimum absolute atomic E-state index is 0.120. The van der Waals surface area contributed by atoms with E-state index < -0.39 is 11.8 Å². The Morgan fingerprint density at radius 1 is 1.26 bits per heavy atom. The second kappa shape index (κ2) is 7.75. The number of carboxylic acid groups (broad SMARTS) is 1. The zero-order valence-corrected chi connectivity index (χ0v) is 14.9. The number of hydrogen-bond acceptors (Lipinski definition) is 5. The molecular weight excluding hydrogens is 330 g/mol. The van der Waals surface area contributed by atoms with E-state index in [0.29, 0.717) is 9.49 Å². The highest BCUT2D eigenvalue weighted by Gasteiger charge is 2.27. The number of carboxylic acids is 1. The van der Waals surface area contributed by atoms with Gasteiger partial charge in [0.25, 0.3) is 0 Å². The van der Waals surface area contributed by atoms with Crippen molar-refractivity contribution in [1.29, 1.82) is 0 Å². The summed E-state index contributed by atoms with van der Waals surface area (Å²) in [6.07, 6.45) is 2.99. The summed E-state index contributed by atoms with van der Waals surface area (Å²) in [6.45, 7) is 2.02. The molecule has 6 heteroatoms. The fourth-order valence-electron chi connectivity index (χ4n) is 2.01. The second-order valence-corrected chi connectivity index (χ2v) is 8.13. The first-order valence-electron chi connectivity index (χ1n) is 7.15. The zero-order valence-electron chi connectivity index (χ0n) is 13.3. The zero-order chi connectivity index (χ0) is 17.0. The molecule has 1 aliphatic heterocycles. The SMILES string of the molecule is CC1CS/C(=C(\C(=O)O)C(=O)/C=C/c2ccc(N(C)C)cc2)S1. The smallest absolute Gasteiger partial charge is 0.341 e. The summed E-state index contributed by atoms with van der Waals surface area (Å²) in [7, 11) is 3.91. The largest absolute Gasteiger partial charge is 0.477 e. The van der Waals surface area contributed by atoms with Crippen molar-refractivity contribution in [3.05, 3.63) is 45.7 Å². The molecule has 1 heterocycles. The van der Waals surface area contributed by atoms with Crippen LogP contribution in [-0.2, 0) is 9.59 Å². The highest BCUT2D eigenvalue weighted by atomic mass is 32.2. The predicted molar refractivity (Wildman–Crippen MR) is 99.0 cm³/mol. The van der Waals surface area contributed by atoms with Gasteiger partial charge in [0.15, 0.2) is 5.78 Å². The van der Waals surface area contributed by atoms with Crippen molar-refractivity contribution in [3.8, 4) is 0 Å². The third kappa shape index (κ3) is 4.65. The van der Waals surface area contributed by atoms with Gasteiger partial charge in [0, 0.05) is 30.8 Å². The molecule has 122 valence electrons. The van der Waals surface area contributed by atoms with Gasteiger partial charge < -0.3 is 10.0 Å². The van der Waals surface area contributed by atoms with Gasteiger partial charge in [-0.2, -0.15) is 0 Å². The molecule has 1 saturated heterocycles. The fourth-order valence-corrected chi connectivity index (χ4v) is 4.84. The molecule has 1 unspecified atom stereocenters. The van der Waals surface area contributed by atoms with Crippen molar-refractivity contribution in [2.45, 2.75) is 12.2 Å². The minimum Gasteiger partial charge on any atom is -0.477 e. The van der Waals surface area contributed by atoms with E-state index in [4.69, 9.17) is 0 Å². The Bertz CT molecular complexity index is 663. The van der Waals surface area contributed by atoms with Gasteiger partial charge in [0.1, 0.15) is 5.57 Å². The van der Waals surface area contributed by atoms with Gasteiger partial charge in [-0.25, -0.2) is 4.79 Å². The quantitative estimate of drug-likeness (QED) is 0.499. The van der Waals surface area contributed by atoms with Crippen LogP contribution in [0.1, 0.15) is 12.5 Å². The topological polar surface area (TPSA) is 57.6 Å². The van der Waals surface area contributed by atoms with Crippen molar-refractivity contribution in [1.82, 2.24) is 0 Å². The van der Waals surface area contributed by atoms with Crippen molar-refractivity contribution in [2.24, 2.45) is 0 Å². The molecule has 1 aliphatic rings. The normalized spacial score (nSPS) is 19.9. The summed E-state index contributed by atoms with van der Waals surface area (Å²) in [5, 5.41) is 9.67. The van der Waals surface area contributed by atoms with Crippen LogP contribution < -0.4 is 4.90 Å². The third-order valence-corrected chi connectivity index (χ3v) is 6.23. The van der Waals surface area contributed by atoms with Crippen molar-refractivity contribution in [2.75, 3.05) is 24.7 Å². The summed E-state index contributed by atoms with van der Waals surface area (Å²) in [4.78, 5) is 25.7. The van der Waals surface area contributed by atoms with Gasteiger partial charge in [-0.3, -0.25) is 4.79 Å². The molecule has 0 aromatic heterocycles. The number of rotatable bonds is 5. The summed E-state index contributed by atoms with van der Waals surface area (Å²) in [6, 6.07) is 7.69. The van der Waals surface area contributed by atoms with Crippen LogP contribution in [0.2, 0.25) is 0 Å².